The van der Waals surface area contributed by atoms with Crippen molar-refractivity contribution in [3.63, 3.8) is 0 Å². The minimum atomic E-state index is -0.882. The van der Waals surface area contributed by atoms with Crippen LogP contribution in [0.15, 0.2) is 71.7 Å². The summed E-state index contributed by atoms with van der Waals surface area (Å²) in [5, 5.41) is 9.44. The molecule has 45 heavy (non-hydrogen) atoms. The molecule has 1 heterocycles. The van der Waals surface area contributed by atoms with Crippen molar-refractivity contribution < 1.29 is 19.4 Å². The summed E-state index contributed by atoms with van der Waals surface area (Å²) >= 11 is 0. The van der Waals surface area contributed by atoms with Gasteiger partial charge < -0.3 is 14.7 Å². The van der Waals surface area contributed by atoms with E-state index in [-0.39, 0.29) is 29.9 Å². The molecule has 0 saturated carbocycles. The lowest BCUT2D eigenvalue weighted by atomic mass is 9.86. The molecule has 240 valence electrons. The predicted molar refractivity (Wildman–Crippen MR) is 183 cm³/mol. The molecule has 1 atom stereocenters. The van der Waals surface area contributed by atoms with Crippen LogP contribution >= 0.6 is 0 Å². The molecule has 0 radical (unpaired) electrons. The van der Waals surface area contributed by atoms with E-state index in [0.29, 0.717) is 24.3 Å². The Hall–Kier alpha value is -3.93. The Morgan fingerprint density at radius 1 is 0.956 bits per heavy atom. The second-order valence-electron chi connectivity index (χ2n) is 13.5. The smallest absolute Gasteiger partial charge is 0.307 e. The molecule has 4 rings (SSSR count). The van der Waals surface area contributed by atoms with Gasteiger partial charge in [0.1, 0.15) is 11.6 Å². The van der Waals surface area contributed by atoms with Gasteiger partial charge in [0, 0.05) is 24.9 Å². The molecule has 1 N–H and O–H groups in total. The number of aliphatic carboxylic acids is 1. The van der Waals surface area contributed by atoms with Crippen LogP contribution in [0.2, 0.25) is 0 Å². The van der Waals surface area contributed by atoms with E-state index in [2.05, 4.69) is 63.2 Å². The molecular formula is C39H50N2O4. The molecule has 1 amide bonds. The summed E-state index contributed by atoms with van der Waals surface area (Å²) in [6, 6.07) is 23.2. The van der Waals surface area contributed by atoms with Crippen LogP contribution in [0.3, 0.4) is 0 Å². The summed E-state index contributed by atoms with van der Waals surface area (Å²) in [4.78, 5) is 31.5. The SMILES string of the molecule is CCN1C(=O)CC(CCCc2ccc(C(C)(C)C)cc2)N=C1CCCc1cccc(-c2ccc(OC(C)C)c(CC(=O)O)c2)c1. The first-order valence-electron chi connectivity index (χ1n) is 16.5. The molecule has 0 aliphatic carbocycles. The average molecular weight is 611 g/mol. The van der Waals surface area contributed by atoms with Crippen molar-refractivity contribution in [2.45, 2.75) is 110 Å². The Kier molecular flexibility index (Phi) is 11.6. The second-order valence-corrected chi connectivity index (χ2v) is 13.5. The summed E-state index contributed by atoms with van der Waals surface area (Å²) in [5.41, 5.74) is 6.73. The van der Waals surface area contributed by atoms with Crippen LogP contribution in [0.5, 0.6) is 5.75 Å². The zero-order valence-electron chi connectivity index (χ0n) is 27.9. The topological polar surface area (TPSA) is 79.2 Å². The number of carboxylic acids is 1. The van der Waals surface area contributed by atoms with Crippen molar-refractivity contribution in [3.05, 3.63) is 89.0 Å². The van der Waals surface area contributed by atoms with Crippen molar-refractivity contribution >= 4 is 17.7 Å². The Labute approximate surface area is 269 Å². The molecule has 0 spiro atoms. The molecule has 1 aliphatic rings. The quantitative estimate of drug-likeness (QED) is 0.199. The molecule has 0 bridgehead atoms. The van der Waals surface area contributed by atoms with Crippen LogP contribution in [-0.2, 0) is 34.3 Å². The summed E-state index contributed by atoms with van der Waals surface area (Å²) in [7, 11) is 0. The number of carbonyl (C=O) groups excluding carboxylic acids is 1. The first kappa shape index (κ1) is 34.0. The molecular weight excluding hydrogens is 560 g/mol. The maximum absolute atomic E-state index is 13.0. The van der Waals surface area contributed by atoms with E-state index in [1.54, 1.807) is 0 Å². The minimum absolute atomic E-state index is 0.0360. The molecule has 1 aliphatic heterocycles. The van der Waals surface area contributed by atoms with Gasteiger partial charge in [-0.3, -0.25) is 14.6 Å². The molecule has 6 heteroatoms. The van der Waals surface area contributed by atoms with Crippen molar-refractivity contribution in [1.82, 2.24) is 4.90 Å². The number of aryl methyl sites for hydroxylation is 2. The van der Waals surface area contributed by atoms with E-state index in [4.69, 9.17) is 9.73 Å². The number of carboxylic acid groups (broad SMARTS) is 1. The summed E-state index contributed by atoms with van der Waals surface area (Å²) in [6.07, 6.45) is 5.82. The van der Waals surface area contributed by atoms with Crippen molar-refractivity contribution in [2.24, 2.45) is 4.99 Å². The fraction of sp³-hybridized carbons (Fsp3) is 0.462. The molecule has 0 saturated heterocycles. The zero-order chi connectivity index (χ0) is 32.6. The van der Waals surface area contributed by atoms with Crippen LogP contribution in [0.25, 0.3) is 11.1 Å². The van der Waals surface area contributed by atoms with Crippen LogP contribution in [-0.4, -0.2) is 46.4 Å². The number of nitrogens with zero attached hydrogens (tertiary/aromatic N) is 2. The second kappa shape index (κ2) is 15.4. The molecule has 3 aromatic carbocycles. The summed E-state index contributed by atoms with van der Waals surface area (Å²) < 4.78 is 5.86. The number of rotatable bonds is 14. The van der Waals surface area contributed by atoms with Crippen molar-refractivity contribution in [2.75, 3.05) is 6.54 Å². The maximum Gasteiger partial charge on any atom is 0.307 e. The van der Waals surface area contributed by atoms with Crippen LogP contribution in [0.4, 0.5) is 0 Å². The summed E-state index contributed by atoms with van der Waals surface area (Å²) in [6.45, 7) is 13.2. The van der Waals surface area contributed by atoms with Gasteiger partial charge in [-0.2, -0.15) is 0 Å². The average Bonchev–Trinajstić information content (AvgIpc) is 2.97. The van der Waals surface area contributed by atoms with Gasteiger partial charge in [-0.15, -0.1) is 0 Å². The number of benzene rings is 3. The van der Waals surface area contributed by atoms with Gasteiger partial charge in [-0.25, -0.2) is 0 Å². The molecule has 0 fully saturated rings. The fourth-order valence-corrected chi connectivity index (χ4v) is 6.01. The van der Waals surface area contributed by atoms with Crippen LogP contribution in [0, 0.1) is 0 Å². The minimum Gasteiger partial charge on any atom is -0.491 e. The van der Waals surface area contributed by atoms with Gasteiger partial charge >= 0.3 is 5.97 Å². The highest BCUT2D eigenvalue weighted by Gasteiger charge is 2.27. The normalized spacial score (nSPS) is 15.4. The van der Waals surface area contributed by atoms with Crippen molar-refractivity contribution in [1.29, 1.82) is 0 Å². The number of amides is 1. The number of amidine groups is 1. The van der Waals surface area contributed by atoms with E-state index in [0.717, 1.165) is 55.5 Å². The third-order valence-corrected chi connectivity index (χ3v) is 8.38. The lowest BCUT2D eigenvalue weighted by Crippen LogP contribution is -2.42. The van der Waals surface area contributed by atoms with E-state index < -0.39 is 5.97 Å². The van der Waals surface area contributed by atoms with Crippen LogP contribution in [0.1, 0.15) is 95.9 Å². The van der Waals surface area contributed by atoms with Gasteiger partial charge in [-0.05, 0) is 98.2 Å². The lowest BCUT2D eigenvalue weighted by molar-refractivity contribution is -0.136. The third-order valence-electron chi connectivity index (χ3n) is 8.38. The highest BCUT2D eigenvalue weighted by atomic mass is 16.5. The number of aliphatic imine (C=N–C) groups is 1. The largest absolute Gasteiger partial charge is 0.491 e. The van der Waals surface area contributed by atoms with Gasteiger partial charge in [0.25, 0.3) is 0 Å². The molecule has 3 aromatic rings. The first-order valence-corrected chi connectivity index (χ1v) is 16.5. The number of carbonyl (C=O) groups is 2. The summed E-state index contributed by atoms with van der Waals surface area (Å²) in [5.74, 6) is 0.839. The molecule has 0 aromatic heterocycles. The first-order chi connectivity index (χ1) is 21.4. The van der Waals surface area contributed by atoms with E-state index in [1.165, 1.54) is 16.7 Å². The van der Waals surface area contributed by atoms with Gasteiger partial charge in [0.05, 0.1) is 18.6 Å². The number of hydrogen-bond donors (Lipinski definition) is 1. The Morgan fingerprint density at radius 2 is 1.67 bits per heavy atom. The standard InChI is InChI=1S/C39H50N2O4/c1-7-41-36(40-34(26-37(41)42)15-9-11-28-17-20-33(21-18-28)39(4,5)6)16-10-13-29-12-8-14-30(23-29)31-19-22-35(45-27(2)3)32(24-31)25-38(43)44/h8,12,14,17-24,27,34H,7,9-11,13,15-16,25-26H2,1-6H3,(H,43,44). The monoisotopic (exact) mass is 610 g/mol. The van der Waals surface area contributed by atoms with Crippen LogP contribution < -0.4 is 4.74 Å². The fourth-order valence-electron chi connectivity index (χ4n) is 6.01. The molecule has 1 unspecified atom stereocenters. The van der Waals surface area contributed by atoms with Gasteiger partial charge in [-0.1, -0.05) is 75.4 Å². The molecule has 6 nitrogen and oxygen atoms in total. The highest BCUT2D eigenvalue weighted by Crippen LogP contribution is 2.29. The van der Waals surface area contributed by atoms with Crippen molar-refractivity contribution in [3.8, 4) is 16.9 Å². The third kappa shape index (κ3) is 9.78. The Morgan fingerprint density at radius 3 is 2.33 bits per heavy atom. The highest BCUT2D eigenvalue weighted by molar-refractivity contribution is 6.00. The number of hydrogen-bond acceptors (Lipinski definition) is 4. The van der Waals surface area contributed by atoms with Gasteiger partial charge in [0.15, 0.2) is 0 Å². The van der Waals surface area contributed by atoms with E-state index >= 15 is 0 Å². The predicted octanol–water partition coefficient (Wildman–Crippen LogP) is 8.43. The maximum atomic E-state index is 13.0. The number of ether oxygens (including phenoxy) is 1. The Bertz CT molecular complexity index is 1480. The Balaban J connectivity index is 1.37. The van der Waals surface area contributed by atoms with Gasteiger partial charge in [0.2, 0.25) is 5.91 Å². The zero-order valence-corrected chi connectivity index (χ0v) is 27.9. The lowest BCUT2D eigenvalue weighted by Gasteiger charge is -2.30. The van der Waals surface area contributed by atoms with E-state index in [9.17, 15) is 14.7 Å². The van der Waals surface area contributed by atoms with E-state index in [1.807, 2.05) is 49.9 Å².